The summed E-state index contributed by atoms with van der Waals surface area (Å²) in [5.41, 5.74) is 0.497. The lowest BCUT2D eigenvalue weighted by Gasteiger charge is -2.52. The van der Waals surface area contributed by atoms with Crippen molar-refractivity contribution in [3.63, 3.8) is 0 Å². The Bertz CT molecular complexity index is 559. The smallest absolute Gasteiger partial charge is 0.0784 e. The van der Waals surface area contributed by atoms with E-state index in [1.807, 2.05) is 0 Å². The van der Waals surface area contributed by atoms with Gasteiger partial charge in [0.2, 0.25) is 0 Å². The highest BCUT2D eigenvalue weighted by molar-refractivity contribution is 5.17. The third kappa shape index (κ3) is 2.78. The Morgan fingerprint density at radius 1 is 0.926 bits per heavy atom. The SMILES string of the molecule is C[C@@H]1CN[C@H]2[C@@H](C)[C@@]3(CC[C@H]4C[C@@H](C5CCC(O)CC5)CC[C@@]43C)O[C@@H]2C1. The minimum Gasteiger partial charge on any atom is -0.393 e. The number of hydrogen-bond donors (Lipinski definition) is 2. The van der Waals surface area contributed by atoms with E-state index in [0.717, 1.165) is 36.5 Å². The molecule has 8 atom stereocenters. The van der Waals surface area contributed by atoms with Gasteiger partial charge in [0.15, 0.2) is 0 Å². The minimum absolute atomic E-state index is 0.0177. The predicted molar refractivity (Wildman–Crippen MR) is 108 cm³/mol. The number of ether oxygens (including phenoxy) is 1. The van der Waals surface area contributed by atoms with E-state index in [2.05, 4.69) is 26.1 Å². The summed E-state index contributed by atoms with van der Waals surface area (Å²) in [6.45, 7) is 8.63. The molecule has 0 aromatic heterocycles. The van der Waals surface area contributed by atoms with Crippen molar-refractivity contribution in [1.29, 1.82) is 0 Å². The fourth-order valence-electron chi connectivity index (χ4n) is 8.43. The van der Waals surface area contributed by atoms with Crippen LogP contribution in [0, 0.1) is 35.0 Å². The summed E-state index contributed by atoms with van der Waals surface area (Å²) in [4.78, 5) is 0. The number of piperidine rings is 1. The summed E-state index contributed by atoms with van der Waals surface area (Å²) < 4.78 is 7.07. The van der Waals surface area contributed by atoms with Gasteiger partial charge in [-0.25, -0.2) is 0 Å². The van der Waals surface area contributed by atoms with Gasteiger partial charge in [0.1, 0.15) is 0 Å². The summed E-state index contributed by atoms with van der Waals surface area (Å²) in [5.74, 6) is 4.02. The van der Waals surface area contributed by atoms with Crippen LogP contribution in [-0.2, 0) is 4.74 Å². The van der Waals surface area contributed by atoms with Gasteiger partial charge in [-0.1, -0.05) is 20.8 Å². The van der Waals surface area contributed by atoms with Gasteiger partial charge in [-0.2, -0.15) is 0 Å². The van der Waals surface area contributed by atoms with Crippen LogP contribution in [0.15, 0.2) is 0 Å². The van der Waals surface area contributed by atoms with Gasteiger partial charge in [-0.15, -0.1) is 0 Å². The molecule has 5 fully saturated rings. The van der Waals surface area contributed by atoms with E-state index in [1.54, 1.807) is 0 Å². The Hall–Kier alpha value is -0.120. The number of hydrogen-bond acceptors (Lipinski definition) is 3. The molecule has 0 aromatic rings. The Labute approximate surface area is 166 Å². The van der Waals surface area contributed by atoms with E-state index in [4.69, 9.17) is 4.74 Å². The molecule has 154 valence electrons. The summed E-state index contributed by atoms with van der Waals surface area (Å²) in [6.07, 6.45) is 13.1. The maximum absolute atomic E-state index is 9.88. The number of nitrogens with one attached hydrogen (secondary N) is 1. The first-order valence-electron chi connectivity index (χ1n) is 12.0. The van der Waals surface area contributed by atoms with Crippen molar-refractivity contribution in [2.45, 2.75) is 109 Å². The van der Waals surface area contributed by atoms with E-state index >= 15 is 0 Å². The quantitative estimate of drug-likeness (QED) is 0.708. The van der Waals surface area contributed by atoms with Crippen LogP contribution in [0.5, 0.6) is 0 Å². The van der Waals surface area contributed by atoms with Gasteiger partial charge >= 0.3 is 0 Å². The van der Waals surface area contributed by atoms with Crippen LogP contribution in [0.4, 0.5) is 0 Å². The van der Waals surface area contributed by atoms with Gasteiger partial charge in [-0.3, -0.25) is 0 Å². The van der Waals surface area contributed by atoms with E-state index < -0.39 is 0 Å². The molecule has 5 aliphatic rings. The maximum atomic E-state index is 9.88. The van der Waals surface area contributed by atoms with Crippen molar-refractivity contribution in [2.75, 3.05) is 6.54 Å². The first kappa shape index (κ1) is 18.9. The average Bonchev–Trinajstić information content (AvgIpc) is 3.10. The monoisotopic (exact) mass is 375 g/mol. The second-order valence-electron chi connectivity index (χ2n) is 11.4. The maximum Gasteiger partial charge on any atom is 0.0784 e. The van der Waals surface area contributed by atoms with E-state index in [9.17, 15) is 5.11 Å². The van der Waals surface area contributed by atoms with E-state index in [1.165, 1.54) is 57.9 Å². The molecule has 27 heavy (non-hydrogen) atoms. The van der Waals surface area contributed by atoms with Crippen LogP contribution in [0.1, 0.15) is 85.0 Å². The molecule has 1 spiro atoms. The van der Waals surface area contributed by atoms with Crippen LogP contribution < -0.4 is 5.32 Å². The van der Waals surface area contributed by atoms with Crippen molar-refractivity contribution in [3.05, 3.63) is 0 Å². The topological polar surface area (TPSA) is 41.5 Å². The number of aliphatic hydroxyl groups excluding tert-OH is 1. The van der Waals surface area contributed by atoms with Gasteiger partial charge in [0, 0.05) is 12.0 Å². The van der Waals surface area contributed by atoms with E-state index in [-0.39, 0.29) is 11.7 Å². The van der Waals surface area contributed by atoms with Crippen LogP contribution in [0.25, 0.3) is 0 Å². The lowest BCUT2D eigenvalue weighted by Crippen LogP contribution is -2.53. The van der Waals surface area contributed by atoms with Crippen molar-refractivity contribution < 1.29 is 9.84 Å². The zero-order chi connectivity index (χ0) is 18.8. The minimum atomic E-state index is -0.0177. The van der Waals surface area contributed by atoms with Crippen molar-refractivity contribution in [1.82, 2.24) is 5.32 Å². The Morgan fingerprint density at radius 2 is 1.70 bits per heavy atom. The first-order chi connectivity index (χ1) is 12.9. The van der Waals surface area contributed by atoms with Gasteiger partial charge in [0.25, 0.3) is 0 Å². The fourth-order valence-corrected chi connectivity index (χ4v) is 8.43. The molecule has 2 heterocycles. The number of aliphatic hydroxyl groups is 1. The fraction of sp³-hybridized carbons (Fsp3) is 1.00. The van der Waals surface area contributed by atoms with Crippen molar-refractivity contribution in [2.24, 2.45) is 35.0 Å². The molecule has 0 aromatic carbocycles. The normalized spacial score (nSPS) is 58.2. The standard InChI is InChI=1S/C24H41NO2/c1-15-12-21-22(25-14-15)16(2)24(27-21)11-9-19-13-18(8-10-23(19,24)3)17-4-6-20(26)7-5-17/h15-22,25-26H,4-14H2,1-3H3/t15-,16+,17?,18-,19-,20?,21+,22-,23-,24+/m0/s1. The second-order valence-corrected chi connectivity index (χ2v) is 11.4. The molecule has 3 saturated carbocycles. The zero-order valence-corrected chi connectivity index (χ0v) is 17.8. The summed E-state index contributed by atoms with van der Waals surface area (Å²) in [6, 6.07) is 0.578. The highest BCUT2D eigenvalue weighted by atomic mass is 16.5. The average molecular weight is 376 g/mol. The number of rotatable bonds is 1. The van der Waals surface area contributed by atoms with Gasteiger partial charge in [0.05, 0.1) is 17.8 Å². The molecule has 0 bridgehead atoms. The third-order valence-electron chi connectivity index (χ3n) is 10.1. The number of fused-ring (bicyclic) bond motifs is 3. The molecule has 2 aliphatic heterocycles. The molecule has 5 rings (SSSR count). The molecule has 3 heteroatoms. The summed E-state index contributed by atoms with van der Waals surface area (Å²) in [7, 11) is 0. The van der Waals surface area contributed by atoms with E-state index in [0.29, 0.717) is 23.5 Å². The summed E-state index contributed by atoms with van der Waals surface area (Å²) in [5, 5.41) is 13.7. The molecule has 3 aliphatic carbocycles. The third-order valence-corrected chi connectivity index (χ3v) is 10.1. The van der Waals surface area contributed by atoms with Gasteiger partial charge < -0.3 is 15.2 Å². The zero-order valence-electron chi connectivity index (χ0n) is 17.8. The molecular formula is C24H41NO2. The largest absolute Gasteiger partial charge is 0.393 e. The van der Waals surface area contributed by atoms with Crippen molar-refractivity contribution >= 4 is 0 Å². The molecular weight excluding hydrogens is 334 g/mol. The predicted octanol–water partition coefficient (Wildman–Crippen LogP) is 4.53. The van der Waals surface area contributed by atoms with Crippen LogP contribution >= 0.6 is 0 Å². The second kappa shape index (κ2) is 6.71. The Balaban J connectivity index is 1.33. The molecule has 2 saturated heterocycles. The molecule has 0 unspecified atom stereocenters. The lowest BCUT2D eigenvalue weighted by atomic mass is 9.56. The first-order valence-corrected chi connectivity index (χ1v) is 12.0. The lowest BCUT2D eigenvalue weighted by molar-refractivity contribution is -0.150. The molecule has 0 amide bonds. The van der Waals surface area contributed by atoms with Crippen molar-refractivity contribution in [3.8, 4) is 0 Å². The van der Waals surface area contributed by atoms with Crippen LogP contribution in [0.3, 0.4) is 0 Å². The van der Waals surface area contributed by atoms with Crippen LogP contribution in [0.2, 0.25) is 0 Å². The highest BCUT2D eigenvalue weighted by Gasteiger charge is 2.67. The molecule has 3 nitrogen and oxygen atoms in total. The Kier molecular flexibility index (Phi) is 4.69. The summed E-state index contributed by atoms with van der Waals surface area (Å²) >= 11 is 0. The molecule has 0 radical (unpaired) electrons. The molecule has 2 N–H and O–H groups in total. The highest BCUT2D eigenvalue weighted by Crippen LogP contribution is 2.66. The Morgan fingerprint density at radius 3 is 2.48 bits per heavy atom. The van der Waals surface area contributed by atoms with Gasteiger partial charge in [-0.05, 0) is 99.8 Å². The van der Waals surface area contributed by atoms with Crippen LogP contribution in [-0.4, -0.2) is 35.5 Å².